The van der Waals surface area contributed by atoms with Gasteiger partial charge in [-0.25, -0.2) is 0 Å². The van der Waals surface area contributed by atoms with Gasteiger partial charge in [0.05, 0.1) is 0 Å². The van der Waals surface area contributed by atoms with E-state index >= 15 is 0 Å². The van der Waals surface area contributed by atoms with Crippen LogP contribution in [0.4, 0.5) is 0 Å². The molecule has 0 aromatic heterocycles. The van der Waals surface area contributed by atoms with Gasteiger partial charge in [-0.3, -0.25) is 0 Å². The van der Waals surface area contributed by atoms with E-state index in [9.17, 15) is 0 Å². The van der Waals surface area contributed by atoms with Crippen molar-refractivity contribution in [2.45, 2.75) is 10.5 Å². The lowest BCUT2D eigenvalue weighted by Gasteiger charge is -2.01. The molecule has 1 fully saturated rings. The van der Waals surface area contributed by atoms with Crippen LogP contribution in [-0.2, 0) is 0 Å². The first-order valence-corrected chi connectivity index (χ1v) is 3.41. The van der Waals surface area contributed by atoms with Gasteiger partial charge in [-0.15, -0.1) is 0 Å². The summed E-state index contributed by atoms with van der Waals surface area (Å²) in [5, 5.41) is 4.09. The summed E-state index contributed by atoms with van der Waals surface area (Å²) in [6.45, 7) is 2.02. The number of rotatable bonds is 0. The number of thiol groups is 2. The molecule has 0 aliphatic carbocycles. The lowest BCUT2D eigenvalue weighted by molar-refractivity contribution is 0.862. The van der Waals surface area contributed by atoms with Crippen LogP contribution >= 0.6 is 25.3 Å². The maximum absolute atomic E-state index is 4.25. The van der Waals surface area contributed by atoms with Gasteiger partial charge in [0.25, 0.3) is 0 Å². The normalized spacial score (nSPS) is 42.0. The smallest absolute Gasteiger partial charge is 0.0270 e. The SMILES string of the molecule is SC1CNCC1S. The predicted octanol–water partition coefficient (Wildman–Crippen LogP) is 0.186. The van der Waals surface area contributed by atoms with Gasteiger partial charge in [0.15, 0.2) is 0 Å². The van der Waals surface area contributed by atoms with E-state index in [0.717, 1.165) is 13.1 Å². The Morgan fingerprint density at radius 2 is 1.57 bits per heavy atom. The Bertz CT molecular complexity index is 58.7. The molecule has 0 bridgehead atoms. The zero-order chi connectivity index (χ0) is 5.28. The third-order valence-corrected chi connectivity index (χ3v) is 2.47. The van der Waals surface area contributed by atoms with Crippen LogP contribution in [-0.4, -0.2) is 23.6 Å². The van der Waals surface area contributed by atoms with Crippen molar-refractivity contribution >= 4 is 25.3 Å². The van der Waals surface area contributed by atoms with Crippen molar-refractivity contribution in [1.29, 1.82) is 0 Å². The van der Waals surface area contributed by atoms with E-state index in [2.05, 4.69) is 30.6 Å². The first kappa shape index (κ1) is 5.79. The molecule has 1 nitrogen and oxygen atoms in total. The van der Waals surface area contributed by atoms with Crippen LogP contribution in [0.5, 0.6) is 0 Å². The lowest BCUT2D eigenvalue weighted by Crippen LogP contribution is -2.10. The molecule has 1 rings (SSSR count). The Kier molecular flexibility index (Phi) is 1.89. The van der Waals surface area contributed by atoms with E-state index in [1.54, 1.807) is 0 Å². The summed E-state index contributed by atoms with van der Waals surface area (Å²) in [7, 11) is 0. The highest BCUT2D eigenvalue weighted by Gasteiger charge is 2.18. The number of hydrogen-bond donors (Lipinski definition) is 3. The molecule has 0 aromatic rings. The third-order valence-electron chi connectivity index (χ3n) is 1.15. The molecule has 0 amide bonds. The van der Waals surface area contributed by atoms with Gasteiger partial charge >= 0.3 is 0 Å². The van der Waals surface area contributed by atoms with E-state index in [4.69, 9.17) is 0 Å². The monoisotopic (exact) mass is 135 g/mol. The van der Waals surface area contributed by atoms with E-state index < -0.39 is 0 Å². The van der Waals surface area contributed by atoms with Gasteiger partial charge in [-0.2, -0.15) is 25.3 Å². The molecule has 1 saturated heterocycles. The first-order valence-electron chi connectivity index (χ1n) is 2.37. The van der Waals surface area contributed by atoms with Crippen LogP contribution in [0.25, 0.3) is 0 Å². The fraction of sp³-hybridized carbons (Fsp3) is 1.00. The molecular formula is C4H9NS2. The third kappa shape index (κ3) is 1.27. The maximum Gasteiger partial charge on any atom is 0.0270 e. The number of hydrogen-bond acceptors (Lipinski definition) is 3. The Labute approximate surface area is 54.7 Å². The second-order valence-electron chi connectivity index (χ2n) is 1.79. The van der Waals surface area contributed by atoms with Crippen LogP contribution in [0.3, 0.4) is 0 Å². The van der Waals surface area contributed by atoms with Crippen LogP contribution in [0, 0.1) is 0 Å². The summed E-state index contributed by atoms with van der Waals surface area (Å²) < 4.78 is 0. The van der Waals surface area contributed by atoms with Crippen molar-refractivity contribution < 1.29 is 0 Å². The van der Waals surface area contributed by atoms with Crippen LogP contribution in [0.15, 0.2) is 0 Å². The van der Waals surface area contributed by atoms with Crippen molar-refractivity contribution in [2.75, 3.05) is 13.1 Å². The molecule has 2 unspecified atom stereocenters. The molecule has 7 heavy (non-hydrogen) atoms. The minimum atomic E-state index is 0.461. The highest BCUT2D eigenvalue weighted by atomic mass is 32.1. The van der Waals surface area contributed by atoms with Crippen molar-refractivity contribution in [3.05, 3.63) is 0 Å². The molecule has 2 atom stereocenters. The molecule has 42 valence electrons. The zero-order valence-electron chi connectivity index (χ0n) is 3.96. The molecule has 0 spiro atoms. The van der Waals surface area contributed by atoms with Gasteiger partial charge in [-0.1, -0.05) is 0 Å². The minimum absolute atomic E-state index is 0.461. The van der Waals surface area contributed by atoms with Crippen molar-refractivity contribution in [1.82, 2.24) is 5.32 Å². The molecule has 1 N–H and O–H groups in total. The summed E-state index contributed by atoms with van der Waals surface area (Å²) in [5.41, 5.74) is 0. The summed E-state index contributed by atoms with van der Waals surface area (Å²) in [6.07, 6.45) is 0. The van der Waals surface area contributed by atoms with Crippen molar-refractivity contribution in [3.63, 3.8) is 0 Å². The van der Waals surface area contributed by atoms with Gasteiger partial charge in [0, 0.05) is 23.6 Å². The maximum atomic E-state index is 4.25. The van der Waals surface area contributed by atoms with Crippen LogP contribution in [0.1, 0.15) is 0 Å². The van der Waals surface area contributed by atoms with Gasteiger partial charge in [0.1, 0.15) is 0 Å². The van der Waals surface area contributed by atoms with Crippen molar-refractivity contribution in [2.24, 2.45) is 0 Å². The van der Waals surface area contributed by atoms with E-state index in [1.165, 1.54) is 0 Å². The van der Waals surface area contributed by atoms with Crippen molar-refractivity contribution in [3.8, 4) is 0 Å². The van der Waals surface area contributed by atoms with Crippen LogP contribution < -0.4 is 5.32 Å². The van der Waals surface area contributed by atoms with Gasteiger partial charge in [-0.05, 0) is 0 Å². The zero-order valence-corrected chi connectivity index (χ0v) is 5.75. The van der Waals surface area contributed by atoms with E-state index in [1.807, 2.05) is 0 Å². The highest BCUT2D eigenvalue weighted by Crippen LogP contribution is 2.11. The first-order chi connectivity index (χ1) is 3.30. The minimum Gasteiger partial charge on any atom is -0.314 e. The standard InChI is InChI=1S/C4H9NS2/c6-3-1-5-2-4(3)7/h3-7H,1-2H2. The summed E-state index contributed by atoms with van der Waals surface area (Å²) in [4.78, 5) is 0. The Morgan fingerprint density at radius 3 is 1.71 bits per heavy atom. The molecule has 1 heterocycles. The molecule has 0 radical (unpaired) electrons. The second-order valence-corrected chi connectivity index (χ2v) is 3.12. The fourth-order valence-corrected chi connectivity index (χ4v) is 1.12. The summed E-state index contributed by atoms with van der Waals surface area (Å²) in [5.74, 6) is 0. The average Bonchev–Trinajstić information content (AvgIpc) is 1.91. The average molecular weight is 135 g/mol. The Balaban J connectivity index is 2.33. The largest absolute Gasteiger partial charge is 0.314 e. The van der Waals surface area contributed by atoms with Crippen LogP contribution in [0.2, 0.25) is 0 Å². The molecule has 1 aliphatic heterocycles. The molecular weight excluding hydrogens is 126 g/mol. The Morgan fingerprint density at radius 1 is 1.14 bits per heavy atom. The molecule has 3 heteroatoms. The lowest BCUT2D eigenvalue weighted by atomic mass is 10.4. The quantitative estimate of drug-likeness (QED) is 0.403. The van der Waals surface area contributed by atoms with E-state index in [0.29, 0.717) is 10.5 Å². The van der Waals surface area contributed by atoms with Gasteiger partial charge < -0.3 is 5.32 Å². The molecule has 0 aromatic carbocycles. The number of nitrogens with one attached hydrogen (secondary N) is 1. The van der Waals surface area contributed by atoms with E-state index in [-0.39, 0.29) is 0 Å². The second kappa shape index (κ2) is 2.29. The summed E-state index contributed by atoms with van der Waals surface area (Å²) >= 11 is 8.50. The highest BCUT2D eigenvalue weighted by molar-refractivity contribution is 7.85. The topological polar surface area (TPSA) is 12.0 Å². The summed E-state index contributed by atoms with van der Waals surface area (Å²) in [6, 6.07) is 0. The predicted molar refractivity (Wildman–Crippen MR) is 38.4 cm³/mol. The molecule has 1 aliphatic rings. The molecule has 0 saturated carbocycles. The van der Waals surface area contributed by atoms with Gasteiger partial charge in [0.2, 0.25) is 0 Å². The fourth-order valence-electron chi connectivity index (χ4n) is 0.651. The Hall–Kier alpha value is 0.660.